The second-order valence-electron chi connectivity index (χ2n) is 6.63. The predicted octanol–water partition coefficient (Wildman–Crippen LogP) is 1.99. The Bertz CT molecular complexity index is 1030. The van der Waals surface area contributed by atoms with E-state index in [1.807, 2.05) is 44.3 Å². The van der Waals surface area contributed by atoms with Crippen LogP contribution in [0.2, 0.25) is 0 Å². The molecule has 7 heteroatoms. The van der Waals surface area contributed by atoms with Gasteiger partial charge in [-0.25, -0.2) is 4.98 Å². The summed E-state index contributed by atoms with van der Waals surface area (Å²) in [7, 11) is 1.84. The molecule has 1 aliphatic heterocycles. The molecule has 2 amide bonds. The molecule has 7 nitrogen and oxygen atoms in total. The zero-order valence-corrected chi connectivity index (χ0v) is 15.3. The summed E-state index contributed by atoms with van der Waals surface area (Å²) < 4.78 is 1.73. The van der Waals surface area contributed by atoms with Gasteiger partial charge in [0, 0.05) is 31.7 Å². The fourth-order valence-corrected chi connectivity index (χ4v) is 3.63. The lowest BCUT2D eigenvalue weighted by atomic mass is 10.0. The molecule has 27 heavy (non-hydrogen) atoms. The highest BCUT2D eigenvalue weighted by atomic mass is 16.2. The average Bonchev–Trinajstić information content (AvgIpc) is 3.12. The number of piperazine rings is 1. The Balaban J connectivity index is 1.86. The van der Waals surface area contributed by atoms with Crippen LogP contribution in [0.4, 0.5) is 0 Å². The maximum absolute atomic E-state index is 13.4. The lowest BCUT2D eigenvalue weighted by molar-refractivity contribution is -0.127. The molecule has 1 unspecified atom stereocenters. The predicted molar refractivity (Wildman–Crippen MR) is 102 cm³/mol. The lowest BCUT2D eigenvalue weighted by Crippen LogP contribution is -2.56. The summed E-state index contributed by atoms with van der Waals surface area (Å²) in [5.41, 5.74) is 2.82. The number of hydrogen-bond acceptors (Lipinski definition) is 4. The van der Waals surface area contributed by atoms with Gasteiger partial charge in [-0.3, -0.25) is 14.3 Å². The first kappa shape index (κ1) is 17.2. The number of amides is 2. The van der Waals surface area contributed by atoms with Crippen molar-refractivity contribution >= 4 is 22.7 Å². The minimum atomic E-state index is -0.446. The molecule has 0 saturated carbocycles. The zero-order chi connectivity index (χ0) is 19.0. The summed E-state index contributed by atoms with van der Waals surface area (Å²) in [6, 6.07) is 10.8. The van der Waals surface area contributed by atoms with Crippen molar-refractivity contribution in [2.24, 2.45) is 7.05 Å². The average molecular weight is 363 g/mol. The number of para-hydroxylation sites is 1. The highest BCUT2D eigenvalue weighted by molar-refractivity contribution is 6.08. The smallest absolute Gasteiger partial charge is 0.255 e. The first-order valence-corrected chi connectivity index (χ1v) is 9.07. The Kier molecular flexibility index (Phi) is 4.35. The minimum Gasteiger partial charge on any atom is -0.353 e. The van der Waals surface area contributed by atoms with Crippen LogP contribution in [0.15, 0.2) is 42.6 Å². The quantitative estimate of drug-likeness (QED) is 0.772. The second kappa shape index (κ2) is 6.83. The van der Waals surface area contributed by atoms with Crippen molar-refractivity contribution in [1.82, 2.24) is 25.0 Å². The minimum absolute atomic E-state index is 0.0951. The van der Waals surface area contributed by atoms with E-state index in [9.17, 15) is 9.59 Å². The number of rotatable bonds is 3. The first-order chi connectivity index (χ1) is 13.1. The van der Waals surface area contributed by atoms with E-state index in [0.717, 1.165) is 16.6 Å². The zero-order valence-electron chi connectivity index (χ0n) is 15.3. The highest BCUT2D eigenvalue weighted by Crippen LogP contribution is 2.26. The number of pyridine rings is 1. The summed E-state index contributed by atoms with van der Waals surface area (Å²) >= 11 is 0. The largest absolute Gasteiger partial charge is 0.353 e. The van der Waals surface area contributed by atoms with Crippen molar-refractivity contribution in [3.05, 3.63) is 48.2 Å². The molecule has 0 radical (unpaired) electrons. The topological polar surface area (TPSA) is 80.1 Å². The van der Waals surface area contributed by atoms with Crippen LogP contribution in [0.25, 0.3) is 22.3 Å². The summed E-state index contributed by atoms with van der Waals surface area (Å²) in [6.45, 7) is 2.89. The molecule has 2 aromatic heterocycles. The molecule has 3 aromatic rings. The molecule has 0 bridgehead atoms. The molecule has 3 heterocycles. The Morgan fingerprint density at radius 1 is 1.30 bits per heavy atom. The van der Waals surface area contributed by atoms with Crippen LogP contribution in [0.3, 0.4) is 0 Å². The SMILES string of the molecule is CCC1C(=O)NCCN1C(=O)c1cc(-c2ccnn2C)nc2ccccc12. The molecular formula is C20H21N5O2. The van der Waals surface area contributed by atoms with E-state index < -0.39 is 6.04 Å². The van der Waals surface area contributed by atoms with Gasteiger partial charge in [0.2, 0.25) is 5.91 Å². The third-order valence-electron chi connectivity index (χ3n) is 5.01. The van der Waals surface area contributed by atoms with E-state index in [-0.39, 0.29) is 11.8 Å². The molecule has 138 valence electrons. The van der Waals surface area contributed by atoms with Gasteiger partial charge in [-0.1, -0.05) is 25.1 Å². The van der Waals surface area contributed by atoms with Crippen LogP contribution in [0.1, 0.15) is 23.7 Å². The molecule has 0 spiro atoms. The van der Waals surface area contributed by atoms with Gasteiger partial charge in [-0.05, 0) is 24.6 Å². The molecule has 1 aromatic carbocycles. The maximum Gasteiger partial charge on any atom is 0.255 e. The van der Waals surface area contributed by atoms with E-state index in [1.54, 1.807) is 21.8 Å². The fraction of sp³-hybridized carbons (Fsp3) is 0.300. The van der Waals surface area contributed by atoms with Crippen LogP contribution < -0.4 is 5.32 Å². The van der Waals surface area contributed by atoms with Crippen LogP contribution in [-0.4, -0.2) is 50.6 Å². The third-order valence-corrected chi connectivity index (χ3v) is 5.01. The summed E-state index contributed by atoms with van der Waals surface area (Å²) in [5.74, 6) is -0.235. The monoisotopic (exact) mass is 363 g/mol. The van der Waals surface area contributed by atoms with Gasteiger partial charge in [-0.2, -0.15) is 5.10 Å². The number of carbonyl (C=O) groups excluding carboxylic acids is 2. The number of carbonyl (C=O) groups is 2. The van der Waals surface area contributed by atoms with Gasteiger partial charge in [-0.15, -0.1) is 0 Å². The number of nitrogens with one attached hydrogen (secondary N) is 1. The van der Waals surface area contributed by atoms with Crippen LogP contribution in [0.5, 0.6) is 0 Å². The molecule has 1 aliphatic rings. The number of nitrogens with zero attached hydrogens (tertiary/aromatic N) is 4. The number of benzene rings is 1. The van der Waals surface area contributed by atoms with E-state index in [1.165, 1.54) is 0 Å². The summed E-state index contributed by atoms with van der Waals surface area (Å²) in [6.07, 6.45) is 2.28. The Morgan fingerprint density at radius 3 is 2.85 bits per heavy atom. The molecule has 1 saturated heterocycles. The molecule has 1 N–H and O–H groups in total. The van der Waals surface area contributed by atoms with Crippen molar-refractivity contribution in [3.63, 3.8) is 0 Å². The Morgan fingerprint density at radius 2 is 2.11 bits per heavy atom. The van der Waals surface area contributed by atoms with Gasteiger partial charge >= 0.3 is 0 Å². The van der Waals surface area contributed by atoms with E-state index in [2.05, 4.69) is 10.4 Å². The number of aryl methyl sites for hydroxylation is 1. The first-order valence-electron chi connectivity index (χ1n) is 9.07. The fourth-order valence-electron chi connectivity index (χ4n) is 3.63. The third kappa shape index (κ3) is 2.95. The molecule has 1 fully saturated rings. The molecular weight excluding hydrogens is 342 g/mol. The lowest BCUT2D eigenvalue weighted by Gasteiger charge is -2.34. The normalized spacial score (nSPS) is 17.2. The summed E-state index contributed by atoms with van der Waals surface area (Å²) in [5, 5.41) is 7.83. The maximum atomic E-state index is 13.4. The van der Waals surface area contributed by atoms with Crippen molar-refractivity contribution in [3.8, 4) is 11.4 Å². The molecule has 0 aliphatic carbocycles. The van der Waals surface area contributed by atoms with Gasteiger partial charge < -0.3 is 10.2 Å². The van der Waals surface area contributed by atoms with E-state index >= 15 is 0 Å². The van der Waals surface area contributed by atoms with Gasteiger partial charge in [0.15, 0.2) is 0 Å². The van der Waals surface area contributed by atoms with Crippen molar-refractivity contribution in [2.45, 2.75) is 19.4 Å². The summed E-state index contributed by atoms with van der Waals surface area (Å²) in [4.78, 5) is 32.0. The second-order valence-corrected chi connectivity index (χ2v) is 6.63. The van der Waals surface area contributed by atoms with Crippen LogP contribution in [-0.2, 0) is 11.8 Å². The van der Waals surface area contributed by atoms with Gasteiger partial charge in [0.05, 0.1) is 22.5 Å². The molecule has 1 atom stereocenters. The Hall–Kier alpha value is -3.22. The van der Waals surface area contributed by atoms with Crippen LogP contribution in [0, 0.1) is 0 Å². The number of fused-ring (bicyclic) bond motifs is 1. The Labute approximate surface area is 157 Å². The van der Waals surface area contributed by atoms with Gasteiger partial charge in [0.25, 0.3) is 5.91 Å². The number of aromatic nitrogens is 3. The van der Waals surface area contributed by atoms with Crippen molar-refractivity contribution < 1.29 is 9.59 Å². The number of hydrogen-bond donors (Lipinski definition) is 1. The van der Waals surface area contributed by atoms with Crippen molar-refractivity contribution in [2.75, 3.05) is 13.1 Å². The molecule has 4 rings (SSSR count). The highest BCUT2D eigenvalue weighted by Gasteiger charge is 2.33. The van der Waals surface area contributed by atoms with E-state index in [4.69, 9.17) is 4.98 Å². The van der Waals surface area contributed by atoms with Gasteiger partial charge in [0.1, 0.15) is 6.04 Å². The van der Waals surface area contributed by atoms with E-state index in [0.29, 0.717) is 30.8 Å². The van der Waals surface area contributed by atoms with Crippen molar-refractivity contribution in [1.29, 1.82) is 0 Å². The van der Waals surface area contributed by atoms with Crippen LogP contribution >= 0.6 is 0 Å². The standard InChI is InChI=1S/C20H21N5O2/c1-3-17-19(26)21-10-11-25(17)20(27)14-12-16(18-8-9-22-24(18)2)23-15-7-5-4-6-13(14)15/h4-9,12,17H,3,10-11H2,1-2H3,(H,21,26).